The first-order valence-corrected chi connectivity index (χ1v) is 8.71. The van der Waals surface area contributed by atoms with Gasteiger partial charge in [0.2, 0.25) is 0 Å². The molecule has 0 aliphatic carbocycles. The Morgan fingerprint density at radius 2 is 1.86 bits per heavy atom. The number of amides is 2. The summed E-state index contributed by atoms with van der Waals surface area (Å²) in [5, 5.41) is 14.1. The Bertz CT molecular complexity index is 470. The van der Waals surface area contributed by atoms with Crippen LogP contribution in [-0.4, -0.2) is 62.3 Å². The van der Waals surface area contributed by atoms with Gasteiger partial charge in [-0.15, -0.1) is 0 Å². The van der Waals surface area contributed by atoms with Gasteiger partial charge in [-0.1, -0.05) is 6.92 Å². The van der Waals surface area contributed by atoms with Crippen molar-refractivity contribution in [1.29, 1.82) is 0 Å². The highest BCUT2D eigenvalue weighted by molar-refractivity contribution is 7.91. The van der Waals surface area contributed by atoms with Gasteiger partial charge in [0.25, 0.3) is 0 Å². The topological polar surface area (TPSA) is 122 Å². The second kappa shape index (κ2) is 7.60. The molecule has 0 spiro atoms. The fourth-order valence-electron chi connectivity index (χ4n) is 2.11. The molecule has 1 aliphatic heterocycles. The van der Waals surface area contributed by atoms with Gasteiger partial charge in [0.05, 0.1) is 5.75 Å². The number of ether oxygens (including phenoxy) is 1. The first-order chi connectivity index (χ1) is 9.81. The van der Waals surface area contributed by atoms with E-state index in [1.165, 1.54) is 0 Å². The van der Waals surface area contributed by atoms with Crippen LogP contribution in [0.2, 0.25) is 0 Å². The summed E-state index contributed by atoms with van der Waals surface area (Å²) in [5.41, 5.74) is -1.34. The molecule has 1 saturated heterocycles. The van der Waals surface area contributed by atoms with E-state index in [1.54, 1.807) is 6.92 Å². The number of carboxylic acids is 1. The third-order valence-electron chi connectivity index (χ3n) is 3.32. The summed E-state index contributed by atoms with van der Waals surface area (Å²) in [7, 11) is -3.17. The van der Waals surface area contributed by atoms with Crippen molar-refractivity contribution in [1.82, 2.24) is 10.6 Å². The van der Waals surface area contributed by atoms with E-state index in [-0.39, 0.29) is 44.1 Å². The minimum absolute atomic E-state index is 0.0413. The van der Waals surface area contributed by atoms with Gasteiger partial charge < -0.3 is 20.5 Å². The Morgan fingerprint density at radius 1 is 1.24 bits per heavy atom. The van der Waals surface area contributed by atoms with Gasteiger partial charge in [0.15, 0.2) is 9.84 Å². The summed E-state index contributed by atoms with van der Waals surface area (Å²) in [4.78, 5) is 23.1. The Hall–Kier alpha value is -1.35. The average Bonchev–Trinajstić information content (AvgIpc) is 2.39. The number of rotatable bonds is 7. The van der Waals surface area contributed by atoms with Crippen LogP contribution in [0.5, 0.6) is 0 Å². The summed E-state index contributed by atoms with van der Waals surface area (Å²) >= 11 is 0. The van der Waals surface area contributed by atoms with Crippen molar-refractivity contribution in [3.05, 3.63) is 0 Å². The minimum Gasteiger partial charge on any atom is -0.480 e. The lowest BCUT2D eigenvalue weighted by atomic mass is 9.90. The number of hydrogen-bond acceptors (Lipinski definition) is 5. The highest BCUT2D eigenvalue weighted by Crippen LogP contribution is 2.20. The lowest BCUT2D eigenvalue weighted by Gasteiger charge is -2.33. The molecule has 0 unspecified atom stereocenters. The average molecular weight is 322 g/mol. The molecule has 0 atom stereocenters. The monoisotopic (exact) mass is 322 g/mol. The first kappa shape index (κ1) is 17.7. The summed E-state index contributed by atoms with van der Waals surface area (Å²) in [5.74, 6) is -1.19. The molecular formula is C12H22N2O6S. The van der Waals surface area contributed by atoms with Gasteiger partial charge in [-0.25, -0.2) is 18.0 Å². The quantitative estimate of drug-likeness (QED) is 0.594. The third kappa shape index (κ3) is 5.50. The Labute approximate surface area is 124 Å². The van der Waals surface area contributed by atoms with Gasteiger partial charge in [-0.3, -0.25) is 0 Å². The molecule has 1 fully saturated rings. The Kier molecular flexibility index (Phi) is 6.41. The Morgan fingerprint density at radius 3 is 2.38 bits per heavy atom. The zero-order chi connectivity index (χ0) is 15.9. The van der Waals surface area contributed by atoms with Crippen molar-refractivity contribution in [2.24, 2.45) is 0 Å². The van der Waals surface area contributed by atoms with Gasteiger partial charge in [-0.05, 0) is 6.42 Å². The van der Waals surface area contributed by atoms with Crippen LogP contribution in [0.4, 0.5) is 4.79 Å². The summed E-state index contributed by atoms with van der Waals surface area (Å²) in [6.07, 6.45) is 0.893. The normalized spacial score (nSPS) is 18.0. The molecule has 122 valence electrons. The lowest BCUT2D eigenvalue weighted by Crippen LogP contribution is -2.59. The van der Waals surface area contributed by atoms with Crippen LogP contribution >= 0.6 is 0 Å². The number of carboxylic acid groups (broad SMARTS) is 1. The highest BCUT2D eigenvalue weighted by atomic mass is 32.2. The van der Waals surface area contributed by atoms with Crippen molar-refractivity contribution in [3.63, 3.8) is 0 Å². The second-order valence-corrected chi connectivity index (χ2v) is 7.34. The number of hydrogen-bond donors (Lipinski definition) is 3. The number of sulfone groups is 1. The van der Waals surface area contributed by atoms with Crippen molar-refractivity contribution >= 4 is 21.8 Å². The molecule has 2 amide bonds. The van der Waals surface area contributed by atoms with Crippen LogP contribution in [0.15, 0.2) is 0 Å². The molecule has 0 radical (unpaired) electrons. The Balaban J connectivity index is 2.47. The van der Waals surface area contributed by atoms with E-state index < -0.39 is 27.4 Å². The maximum Gasteiger partial charge on any atom is 0.329 e. The zero-order valence-corrected chi connectivity index (χ0v) is 12.9. The molecule has 0 saturated carbocycles. The molecule has 0 bridgehead atoms. The predicted octanol–water partition coefficient (Wildman–Crippen LogP) is -0.256. The number of nitrogens with one attached hydrogen (secondary N) is 2. The molecule has 1 aliphatic rings. The minimum atomic E-state index is -3.17. The molecule has 0 aromatic carbocycles. The molecule has 1 rings (SSSR count). The van der Waals surface area contributed by atoms with E-state index in [4.69, 9.17) is 4.74 Å². The van der Waals surface area contributed by atoms with E-state index in [0.717, 1.165) is 0 Å². The van der Waals surface area contributed by atoms with Gasteiger partial charge in [-0.2, -0.15) is 0 Å². The highest BCUT2D eigenvalue weighted by Gasteiger charge is 2.41. The zero-order valence-electron chi connectivity index (χ0n) is 12.1. The molecule has 8 nitrogen and oxygen atoms in total. The van der Waals surface area contributed by atoms with Crippen LogP contribution in [0.25, 0.3) is 0 Å². The van der Waals surface area contributed by atoms with E-state index in [0.29, 0.717) is 6.42 Å². The molecular weight excluding hydrogens is 300 g/mol. The van der Waals surface area contributed by atoms with Crippen LogP contribution < -0.4 is 10.6 Å². The number of carbonyl (C=O) groups is 2. The van der Waals surface area contributed by atoms with E-state index in [9.17, 15) is 23.1 Å². The lowest BCUT2D eigenvalue weighted by molar-refractivity contribution is -0.148. The SMILES string of the molecule is CCCS(=O)(=O)CCNC(=O)NC1(C(=O)O)CCOCC1. The van der Waals surface area contributed by atoms with E-state index in [1.807, 2.05) is 0 Å². The van der Waals surface area contributed by atoms with Crippen LogP contribution in [0.1, 0.15) is 26.2 Å². The molecule has 9 heteroatoms. The van der Waals surface area contributed by atoms with Crippen LogP contribution in [0.3, 0.4) is 0 Å². The molecule has 0 aromatic heterocycles. The standard InChI is InChI=1S/C12H22N2O6S/c1-2-8-21(18,19)9-5-13-11(17)14-12(10(15)16)3-6-20-7-4-12/h2-9H2,1H3,(H,15,16)(H2,13,14,17). The number of carbonyl (C=O) groups excluding carboxylic acids is 1. The molecule has 3 N–H and O–H groups in total. The van der Waals surface area contributed by atoms with E-state index >= 15 is 0 Å². The fourth-order valence-corrected chi connectivity index (χ4v) is 3.35. The van der Waals surface area contributed by atoms with Crippen LogP contribution in [0, 0.1) is 0 Å². The molecule has 0 aromatic rings. The van der Waals surface area contributed by atoms with Crippen molar-refractivity contribution < 1.29 is 27.9 Å². The third-order valence-corrected chi connectivity index (χ3v) is 5.18. The first-order valence-electron chi connectivity index (χ1n) is 6.89. The summed E-state index contributed by atoms with van der Waals surface area (Å²) < 4.78 is 28.1. The summed E-state index contributed by atoms with van der Waals surface area (Å²) in [6, 6.07) is -0.675. The second-order valence-electron chi connectivity index (χ2n) is 5.03. The molecule has 1 heterocycles. The summed E-state index contributed by atoms with van der Waals surface area (Å²) in [6.45, 7) is 2.24. The number of urea groups is 1. The largest absolute Gasteiger partial charge is 0.480 e. The van der Waals surface area contributed by atoms with Crippen molar-refractivity contribution in [3.8, 4) is 0 Å². The van der Waals surface area contributed by atoms with E-state index in [2.05, 4.69) is 10.6 Å². The van der Waals surface area contributed by atoms with Gasteiger partial charge >= 0.3 is 12.0 Å². The maximum absolute atomic E-state index is 11.7. The van der Waals surface area contributed by atoms with Gasteiger partial charge in [0.1, 0.15) is 5.54 Å². The van der Waals surface area contributed by atoms with Gasteiger partial charge in [0, 0.05) is 38.4 Å². The van der Waals surface area contributed by atoms with Crippen molar-refractivity contribution in [2.75, 3.05) is 31.3 Å². The molecule has 21 heavy (non-hydrogen) atoms. The maximum atomic E-state index is 11.7. The smallest absolute Gasteiger partial charge is 0.329 e. The predicted molar refractivity (Wildman–Crippen MR) is 75.9 cm³/mol. The van der Waals surface area contributed by atoms with Crippen molar-refractivity contribution in [2.45, 2.75) is 31.7 Å². The fraction of sp³-hybridized carbons (Fsp3) is 0.833. The van der Waals surface area contributed by atoms with Crippen LogP contribution in [-0.2, 0) is 19.4 Å². The number of aliphatic carboxylic acids is 1.